The molecular formula is C10H13ClNOPS. The monoisotopic (exact) mass is 261 g/mol. The molecule has 0 aromatic heterocycles. The Kier molecular flexibility index (Phi) is 3.20. The molecule has 1 aromatic rings. The van der Waals surface area contributed by atoms with E-state index in [0.29, 0.717) is 0 Å². The molecule has 1 aliphatic rings. The van der Waals surface area contributed by atoms with Crippen molar-refractivity contribution in [3.05, 3.63) is 35.9 Å². The van der Waals surface area contributed by atoms with Gasteiger partial charge in [-0.3, -0.25) is 0 Å². The van der Waals surface area contributed by atoms with E-state index in [1.165, 1.54) is 0 Å². The molecule has 82 valence electrons. The minimum absolute atomic E-state index is 0.000432. The molecule has 0 bridgehead atoms. The van der Waals surface area contributed by atoms with Crippen LogP contribution in [0, 0.1) is 0 Å². The van der Waals surface area contributed by atoms with Gasteiger partial charge in [0.05, 0.1) is 0 Å². The molecule has 0 saturated carbocycles. The summed E-state index contributed by atoms with van der Waals surface area (Å²) in [6.07, 6.45) is -0.000432. The lowest BCUT2D eigenvalue weighted by atomic mass is 10.0. The van der Waals surface area contributed by atoms with Gasteiger partial charge in [0, 0.05) is 6.04 Å². The van der Waals surface area contributed by atoms with Crippen LogP contribution in [0.3, 0.4) is 0 Å². The highest BCUT2D eigenvalue weighted by atomic mass is 35.7. The van der Waals surface area contributed by atoms with E-state index >= 15 is 0 Å². The summed E-state index contributed by atoms with van der Waals surface area (Å²) in [4.78, 5) is 0. The zero-order valence-electron chi connectivity index (χ0n) is 8.63. The van der Waals surface area contributed by atoms with Crippen molar-refractivity contribution in [3.63, 3.8) is 0 Å². The maximum atomic E-state index is 6.19. The molecule has 2 rings (SSSR count). The molecule has 3 atom stereocenters. The molecule has 15 heavy (non-hydrogen) atoms. The average molecular weight is 262 g/mol. The normalized spacial score (nSPS) is 37.0. The molecule has 1 saturated heterocycles. The molecule has 0 aliphatic carbocycles. The summed E-state index contributed by atoms with van der Waals surface area (Å²) in [5.41, 5.74) is 1.14. The van der Waals surface area contributed by atoms with Crippen molar-refractivity contribution in [2.24, 2.45) is 0 Å². The first-order chi connectivity index (χ1) is 7.02. The van der Waals surface area contributed by atoms with E-state index in [2.05, 4.69) is 6.92 Å². The maximum absolute atomic E-state index is 6.19. The van der Waals surface area contributed by atoms with Crippen LogP contribution in [0.15, 0.2) is 30.3 Å². The Morgan fingerprint density at radius 1 is 1.40 bits per heavy atom. The Labute approximate surface area is 100 Å². The van der Waals surface area contributed by atoms with Gasteiger partial charge < -0.3 is 4.52 Å². The fourth-order valence-electron chi connectivity index (χ4n) is 1.70. The molecule has 1 heterocycles. The lowest BCUT2D eigenvalue weighted by Crippen LogP contribution is -2.22. The fourth-order valence-corrected chi connectivity index (χ4v) is 4.38. The SMILES string of the molecule is C[C@H]1[C@@H](c2ccccc2)O[P@](=S)(Cl)N1C. The molecule has 1 fully saturated rings. The van der Waals surface area contributed by atoms with Crippen molar-refractivity contribution in [2.45, 2.75) is 19.1 Å². The fraction of sp³-hybridized carbons (Fsp3) is 0.400. The zero-order valence-corrected chi connectivity index (χ0v) is 11.1. The first-order valence-electron chi connectivity index (χ1n) is 4.79. The Bertz CT molecular complexity index is 400. The third kappa shape index (κ3) is 2.13. The molecular weight excluding hydrogens is 249 g/mol. The first-order valence-corrected chi connectivity index (χ1v) is 8.36. The quantitative estimate of drug-likeness (QED) is 0.718. The van der Waals surface area contributed by atoms with Gasteiger partial charge in [0.25, 0.3) is 0 Å². The lowest BCUT2D eigenvalue weighted by molar-refractivity contribution is 0.218. The molecule has 2 nitrogen and oxygen atoms in total. The third-order valence-corrected chi connectivity index (χ3v) is 6.37. The predicted octanol–water partition coefficient (Wildman–Crippen LogP) is 3.54. The van der Waals surface area contributed by atoms with Crippen molar-refractivity contribution in [2.75, 3.05) is 7.05 Å². The zero-order chi connectivity index (χ0) is 11.1. The van der Waals surface area contributed by atoms with Crippen molar-refractivity contribution >= 4 is 28.8 Å². The number of hydrogen-bond donors (Lipinski definition) is 0. The summed E-state index contributed by atoms with van der Waals surface area (Å²) in [7, 11) is 1.93. The first kappa shape index (κ1) is 11.6. The van der Waals surface area contributed by atoms with Crippen LogP contribution in [0.4, 0.5) is 0 Å². The Balaban J connectivity index is 2.31. The van der Waals surface area contributed by atoms with Crippen molar-refractivity contribution in [1.82, 2.24) is 4.67 Å². The van der Waals surface area contributed by atoms with Crippen LogP contribution in [0.5, 0.6) is 0 Å². The highest BCUT2D eigenvalue weighted by Crippen LogP contribution is 2.65. The molecule has 0 unspecified atom stereocenters. The molecule has 0 amide bonds. The van der Waals surface area contributed by atoms with Crippen LogP contribution in [0.2, 0.25) is 0 Å². The van der Waals surface area contributed by atoms with E-state index in [1.807, 2.05) is 42.0 Å². The van der Waals surface area contributed by atoms with Gasteiger partial charge >= 0.3 is 0 Å². The second-order valence-corrected chi connectivity index (χ2v) is 8.91. The second kappa shape index (κ2) is 4.15. The minimum Gasteiger partial charge on any atom is -0.317 e. The molecule has 0 radical (unpaired) electrons. The van der Waals surface area contributed by atoms with Crippen molar-refractivity contribution in [3.8, 4) is 0 Å². The molecule has 1 aromatic carbocycles. The van der Waals surface area contributed by atoms with E-state index in [-0.39, 0.29) is 12.1 Å². The average Bonchev–Trinajstić information content (AvgIpc) is 2.44. The van der Waals surface area contributed by atoms with Crippen molar-refractivity contribution in [1.29, 1.82) is 0 Å². The summed E-state index contributed by atoms with van der Waals surface area (Å²) < 4.78 is 7.75. The lowest BCUT2D eigenvalue weighted by Gasteiger charge is -2.18. The Morgan fingerprint density at radius 3 is 2.47 bits per heavy atom. The van der Waals surface area contributed by atoms with E-state index in [4.69, 9.17) is 27.6 Å². The molecule has 0 N–H and O–H groups in total. The highest BCUT2D eigenvalue weighted by molar-refractivity contribution is 8.23. The maximum Gasteiger partial charge on any atom is 0.222 e. The highest BCUT2D eigenvalue weighted by Gasteiger charge is 2.41. The van der Waals surface area contributed by atoms with Gasteiger partial charge in [-0.1, -0.05) is 30.3 Å². The van der Waals surface area contributed by atoms with Gasteiger partial charge in [0.1, 0.15) is 6.10 Å². The summed E-state index contributed by atoms with van der Waals surface area (Å²) in [6.45, 7) is 2.09. The van der Waals surface area contributed by atoms with Crippen molar-refractivity contribution < 1.29 is 4.52 Å². The summed E-state index contributed by atoms with van der Waals surface area (Å²) in [6, 6.07) is 10.3. The Hall–Kier alpha value is 0.0800. The number of nitrogens with zero attached hydrogens (tertiary/aromatic N) is 1. The van der Waals surface area contributed by atoms with Gasteiger partial charge in [-0.25, -0.2) is 4.67 Å². The van der Waals surface area contributed by atoms with Crippen LogP contribution >= 0.6 is 17.0 Å². The number of halogens is 1. The largest absolute Gasteiger partial charge is 0.317 e. The van der Waals surface area contributed by atoms with Gasteiger partial charge in [-0.15, -0.1) is 0 Å². The summed E-state index contributed by atoms with van der Waals surface area (Å²) in [5, 5.41) is 0. The van der Waals surface area contributed by atoms with E-state index < -0.39 is 5.77 Å². The minimum atomic E-state index is -2.27. The number of likely N-dealkylation sites (N-methyl/N-ethyl adjacent to an activating group) is 1. The van der Waals surface area contributed by atoms with Gasteiger partial charge in [-0.05, 0) is 42.6 Å². The third-order valence-electron chi connectivity index (χ3n) is 2.78. The van der Waals surface area contributed by atoms with Crippen LogP contribution in [-0.2, 0) is 16.3 Å². The van der Waals surface area contributed by atoms with Gasteiger partial charge in [-0.2, -0.15) is 0 Å². The molecule has 5 heteroatoms. The van der Waals surface area contributed by atoms with E-state index in [1.54, 1.807) is 0 Å². The summed E-state index contributed by atoms with van der Waals surface area (Å²) in [5.74, 6) is -2.27. The van der Waals surface area contributed by atoms with Crippen LogP contribution in [0.25, 0.3) is 0 Å². The Morgan fingerprint density at radius 2 is 2.00 bits per heavy atom. The summed E-state index contributed by atoms with van der Waals surface area (Å²) >= 11 is 11.5. The van der Waals surface area contributed by atoms with Gasteiger partial charge in [0.2, 0.25) is 5.77 Å². The smallest absolute Gasteiger partial charge is 0.222 e. The topological polar surface area (TPSA) is 12.5 Å². The van der Waals surface area contributed by atoms with Gasteiger partial charge in [0.15, 0.2) is 0 Å². The predicted molar refractivity (Wildman–Crippen MR) is 67.6 cm³/mol. The standard InChI is InChI=1S/C10H13ClNOPS/c1-8-10(9-6-4-3-5-7-9)13-14(11,15)12(8)2/h3-8,10H,1-2H3/t8-,10-,14-/m0/s1. The van der Waals surface area contributed by atoms with E-state index in [9.17, 15) is 0 Å². The number of hydrogen-bond acceptors (Lipinski definition) is 2. The molecule has 1 aliphatic heterocycles. The number of benzene rings is 1. The van der Waals surface area contributed by atoms with E-state index in [0.717, 1.165) is 5.56 Å². The number of rotatable bonds is 1. The van der Waals surface area contributed by atoms with Crippen LogP contribution in [0.1, 0.15) is 18.6 Å². The molecule has 0 spiro atoms. The van der Waals surface area contributed by atoms with Crippen LogP contribution < -0.4 is 0 Å². The van der Waals surface area contributed by atoms with Crippen LogP contribution in [-0.4, -0.2) is 17.8 Å². The second-order valence-electron chi connectivity index (χ2n) is 3.70.